The van der Waals surface area contributed by atoms with Gasteiger partial charge >= 0.3 is 0 Å². The lowest BCUT2D eigenvalue weighted by atomic mass is 10.1. The number of hydrogen-bond acceptors (Lipinski definition) is 3. The first-order valence-corrected chi connectivity index (χ1v) is 6.53. The van der Waals surface area contributed by atoms with Gasteiger partial charge in [0, 0.05) is 17.8 Å². The maximum absolute atomic E-state index is 11.3. The topological polar surface area (TPSA) is 49.3 Å². The van der Waals surface area contributed by atoms with Gasteiger partial charge in [0.15, 0.2) is 0 Å². The lowest BCUT2D eigenvalue weighted by Gasteiger charge is -2.08. The third-order valence-corrected chi connectivity index (χ3v) is 3.47. The summed E-state index contributed by atoms with van der Waals surface area (Å²) in [6.45, 7) is 2.70. The van der Waals surface area contributed by atoms with Crippen LogP contribution in [-0.2, 0) is 4.79 Å². The molecular formula is C11H16ClNO2S. The molecule has 1 aromatic rings. The fraction of sp³-hybridized carbons (Fsp3) is 0.545. The molecule has 0 fully saturated rings. The molecule has 0 saturated heterocycles. The number of thiophene rings is 1. The Hall–Kier alpha value is -0.580. The van der Waals surface area contributed by atoms with Gasteiger partial charge in [-0.05, 0) is 25.0 Å². The van der Waals surface area contributed by atoms with Gasteiger partial charge in [0.25, 0.3) is 0 Å². The van der Waals surface area contributed by atoms with Crippen molar-refractivity contribution in [3.63, 3.8) is 0 Å². The van der Waals surface area contributed by atoms with E-state index >= 15 is 0 Å². The average molecular weight is 262 g/mol. The van der Waals surface area contributed by atoms with Crippen LogP contribution in [0.1, 0.15) is 37.2 Å². The van der Waals surface area contributed by atoms with E-state index in [1.165, 1.54) is 11.3 Å². The highest BCUT2D eigenvalue weighted by Crippen LogP contribution is 2.29. The van der Waals surface area contributed by atoms with E-state index in [0.29, 0.717) is 23.7 Å². The minimum absolute atomic E-state index is 0.0106. The summed E-state index contributed by atoms with van der Waals surface area (Å²) in [7, 11) is 0. The van der Waals surface area contributed by atoms with E-state index in [-0.39, 0.29) is 5.91 Å². The SMILES string of the molecule is CCCNC(=O)CCC(O)c1ccc(Cl)s1. The van der Waals surface area contributed by atoms with Crippen molar-refractivity contribution in [1.82, 2.24) is 5.32 Å². The molecule has 90 valence electrons. The van der Waals surface area contributed by atoms with Crippen LogP contribution in [0, 0.1) is 0 Å². The monoisotopic (exact) mass is 261 g/mol. The number of halogens is 1. The Morgan fingerprint density at radius 3 is 2.94 bits per heavy atom. The molecule has 0 bridgehead atoms. The van der Waals surface area contributed by atoms with Gasteiger partial charge < -0.3 is 10.4 Å². The Morgan fingerprint density at radius 2 is 2.38 bits per heavy atom. The Balaban J connectivity index is 2.29. The summed E-state index contributed by atoms with van der Waals surface area (Å²) >= 11 is 7.11. The minimum atomic E-state index is -0.593. The zero-order chi connectivity index (χ0) is 12.0. The van der Waals surface area contributed by atoms with Crippen molar-refractivity contribution < 1.29 is 9.90 Å². The zero-order valence-electron chi connectivity index (χ0n) is 9.20. The molecule has 1 heterocycles. The summed E-state index contributed by atoms with van der Waals surface area (Å²) < 4.78 is 0.657. The Morgan fingerprint density at radius 1 is 1.62 bits per heavy atom. The molecule has 3 nitrogen and oxygen atoms in total. The molecule has 16 heavy (non-hydrogen) atoms. The lowest BCUT2D eigenvalue weighted by molar-refractivity contribution is -0.121. The van der Waals surface area contributed by atoms with Crippen molar-refractivity contribution in [3.05, 3.63) is 21.3 Å². The van der Waals surface area contributed by atoms with E-state index in [0.717, 1.165) is 11.3 Å². The minimum Gasteiger partial charge on any atom is -0.388 e. The van der Waals surface area contributed by atoms with Gasteiger partial charge in [0.2, 0.25) is 5.91 Å². The van der Waals surface area contributed by atoms with Crippen molar-refractivity contribution in [2.75, 3.05) is 6.54 Å². The van der Waals surface area contributed by atoms with Crippen molar-refractivity contribution in [2.45, 2.75) is 32.3 Å². The highest BCUT2D eigenvalue weighted by Gasteiger charge is 2.12. The summed E-state index contributed by atoms with van der Waals surface area (Å²) in [5.74, 6) is -0.0106. The standard InChI is InChI=1S/C11H16ClNO2S/c1-2-7-13-11(15)6-3-8(14)9-4-5-10(12)16-9/h4-5,8,14H,2-3,6-7H2,1H3,(H,13,15). The van der Waals surface area contributed by atoms with E-state index in [1.807, 2.05) is 6.92 Å². The van der Waals surface area contributed by atoms with Crippen LogP contribution in [0.4, 0.5) is 0 Å². The van der Waals surface area contributed by atoms with E-state index in [4.69, 9.17) is 11.6 Å². The smallest absolute Gasteiger partial charge is 0.220 e. The average Bonchev–Trinajstić information content (AvgIpc) is 2.69. The molecule has 1 aromatic heterocycles. The molecule has 1 rings (SSSR count). The van der Waals surface area contributed by atoms with Crippen LogP contribution in [0.25, 0.3) is 0 Å². The maximum atomic E-state index is 11.3. The molecular weight excluding hydrogens is 246 g/mol. The zero-order valence-corrected chi connectivity index (χ0v) is 10.8. The summed E-state index contributed by atoms with van der Waals surface area (Å²) in [5.41, 5.74) is 0. The van der Waals surface area contributed by atoms with Crippen LogP contribution in [0.3, 0.4) is 0 Å². The van der Waals surface area contributed by atoms with Crippen LogP contribution in [0.15, 0.2) is 12.1 Å². The van der Waals surface area contributed by atoms with E-state index in [2.05, 4.69) is 5.32 Å². The van der Waals surface area contributed by atoms with Crippen molar-refractivity contribution >= 4 is 28.8 Å². The molecule has 1 atom stereocenters. The second kappa shape index (κ2) is 6.89. The van der Waals surface area contributed by atoms with Gasteiger partial charge in [0.05, 0.1) is 10.4 Å². The third-order valence-electron chi connectivity index (χ3n) is 2.14. The molecule has 1 unspecified atom stereocenters. The number of nitrogens with one attached hydrogen (secondary N) is 1. The highest BCUT2D eigenvalue weighted by molar-refractivity contribution is 7.16. The first-order valence-electron chi connectivity index (χ1n) is 5.33. The van der Waals surface area contributed by atoms with Crippen LogP contribution >= 0.6 is 22.9 Å². The van der Waals surface area contributed by atoms with Crippen LogP contribution in [0.5, 0.6) is 0 Å². The quantitative estimate of drug-likeness (QED) is 0.827. The summed E-state index contributed by atoms with van der Waals surface area (Å²) in [6, 6.07) is 3.55. The predicted molar refractivity (Wildman–Crippen MR) is 66.8 cm³/mol. The molecule has 5 heteroatoms. The molecule has 0 aromatic carbocycles. The Bertz CT molecular complexity index is 340. The molecule has 0 spiro atoms. The fourth-order valence-electron chi connectivity index (χ4n) is 1.27. The summed E-state index contributed by atoms with van der Waals surface area (Å²) in [5, 5.41) is 12.6. The van der Waals surface area contributed by atoms with E-state index in [1.54, 1.807) is 12.1 Å². The second-order valence-electron chi connectivity index (χ2n) is 3.55. The molecule has 0 aliphatic carbocycles. The number of carbonyl (C=O) groups excluding carboxylic acids is 1. The number of rotatable bonds is 6. The number of hydrogen-bond donors (Lipinski definition) is 2. The van der Waals surface area contributed by atoms with Gasteiger partial charge in [-0.1, -0.05) is 18.5 Å². The highest BCUT2D eigenvalue weighted by atomic mass is 35.5. The summed E-state index contributed by atoms with van der Waals surface area (Å²) in [6.07, 6.45) is 1.11. The lowest BCUT2D eigenvalue weighted by Crippen LogP contribution is -2.24. The predicted octanol–water partition coefficient (Wildman–Crippen LogP) is 2.74. The molecule has 0 aliphatic rings. The van der Waals surface area contributed by atoms with Crippen LogP contribution in [0.2, 0.25) is 4.34 Å². The fourth-order valence-corrected chi connectivity index (χ4v) is 2.35. The van der Waals surface area contributed by atoms with Gasteiger partial charge in [-0.3, -0.25) is 4.79 Å². The molecule has 1 amide bonds. The first-order chi connectivity index (χ1) is 7.63. The third kappa shape index (κ3) is 4.51. The first kappa shape index (κ1) is 13.5. The van der Waals surface area contributed by atoms with Crippen molar-refractivity contribution in [2.24, 2.45) is 0 Å². The number of carbonyl (C=O) groups is 1. The largest absolute Gasteiger partial charge is 0.388 e. The molecule has 0 aliphatic heterocycles. The van der Waals surface area contributed by atoms with Gasteiger partial charge in [-0.2, -0.15) is 0 Å². The van der Waals surface area contributed by atoms with Gasteiger partial charge in [0.1, 0.15) is 0 Å². The summed E-state index contributed by atoms with van der Waals surface area (Å²) in [4.78, 5) is 12.1. The number of aliphatic hydroxyl groups is 1. The van der Waals surface area contributed by atoms with Gasteiger partial charge in [-0.25, -0.2) is 0 Å². The molecule has 2 N–H and O–H groups in total. The van der Waals surface area contributed by atoms with Crippen LogP contribution in [-0.4, -0.2) is 17.6 Å². The van der Waals surface area contributed by atoms with E-state index in [9.17, 15) is 9.90 Å². The van der Waals surface area contributed by atoms with Gasteiger partial charge in [-0.15, -0.1) is 11.3 Å². The Kier molecular flexibility index (Phi) is 5.80. The second-order valence-corrected chi connectivity index (χ2v) is 5.29. The normalized spacial score (nSPS) is 12.4. The molecule has 0 radical (unpaired) electrons. The van der Waals surface area contributed by atoms with Crippen molar-refractivity contribution in [1.29, 1.82) is 0 Å². The number of amides is 1. The van der Waals surface area contributed by atoms with Crippen LogP contribution < -0.4 is 5.32 Å². The van der Waals surface area contributed by atoms with E-state index < -0.39 is 6.10 Å². The Labute approximate surface area is 104 Å². The molecule has 0 saturated carbocycles. The van der Waals surface area contributed by atoms with Crippen molar-refractivity contribution in [3.8, 4) is 0 Å². The number of aliphatic hydroxyl groups excluding tert-OH is 1. The maximum Gasteiger partial charge on any atom is 0.220 e.